The van der Waals surface area contributed by atoms with Crippen LogP contribution in [0.4, 0.5) is 11.8 Å². The highest BCUT2D eigenvalue weighted by Crippen LogP contribution is 2.32. The fourth-order valence-corrected chi connectivity index (χ4v) is 4.78. The van der Waals surface area contributed by atoms with Gasteiger partial charge in [0.05, 0.1) is 5.52 Å². The zero-order valence-corrected chi connectivity index (χ0v) is 18.7. The molecular weight excluding hydrogens is 400 g/mol. The number of carbonyl (C=O) groups is 1. The second kappa shape index (κ2) is 8.15. The van der Waals surface area contributed by atoms with Gasteiger partial charge in [0.25, 0.3) is 5.91 Å². The molecule has 0 aliphatic heterocycles. The average Bonchev–Trinajstić information content (AvgIpc) is 3.13. The third-order valence-corrected chi connectivity index (χ3v) is 6.46. The predicted octanol–water partition coefficient (Wildman–Crippen LogP) is 4.01. The van der Waals surface area contributed by atoms with Gasteiger partial charge in [-0.3, -0.25) is 4.79 Å². The maximum Gasteiger partial charge on any atom is 0.251 e. The van der Waals surface area contributed by atoms with Gasteiger partial charge in [-0.1, -0.05) is 6.07 Å². The number of benzene rings is 2. The van der Waals surface area contributed by atoms with E-state index in [2.05, 4.69) is 49.7 Å². The van der Waals surface area contributed by atoms with Crippen molar-refractivity contribution in [3.8, 4) is 0 Å². The molecule has 0 unspecified atom stereocenters. The second-order valence-corrected chi connectivity index (χ2v) is 8.35. The number of hydrogen-bond donors (Lipinski definition) is 3. The molecule has 3 N–H and O–H groups in total. The third-order valence-electron chi connectivity index (χ3n) is 6.46. The van der Waals surface area contributed by atoms with Crippen LogP contribution in [-0.4, -0.2) is 34.5 Å². The summed E-state index contributed by atoms with van der Waals surface area (Å²) in [6, 6.07) is 12.0. The molecule has 7 nitrogen and oxygen atoms in total. The summed E-state index contributed by atoms with van der Waals surface area (Å²) in [4.78, 5) is 21.9. The van der Waals surface area contributed by atoms with Crippen molar-refractivity contribution < 1.29 is 4.79 Å². The minimum absolute atomic E-state index is 0.0592. The van der Waals surface area contributed by atoms with Crippen LogP contribution in [0, 0.1) is 0 Å². The number of amides is 1. The quantitative estimate of drug-likeness (QED) is 0.447. The van der Waals surface area contributed by atoms with E-state index in [4.69, 9.17) is 0 Å². The van der Waals surface area contributed by atoms with Gasteiger partial charge in [-0.05, 0) is 67.1 Å². The Morgan fingerprint density at radius 2 is 1.84 bits per heavy atom. The van der Waals surface area contributed by atoms with Crippen molar-refractivity contribution in [3.63, 3.8) is 0 Å². The molecule has 0 spiro atoms. The van der Waals surface area contributed by atoms with Crippen LogP contribution in [-0.2, 0) is 26.4 Å². The molecule has 2 aromatic carbocycles. The molecule has 5 rings (SSSR count). The molecule has 7 heteroatoms. The van der Waals surface area contributed by atoms with Crippen LogP contribution < -0.4 is 16.0 Å². The van der Waals surface area contributed by atoms with E-state index in [0.717, 1.165) is 35.1 Å². The van der Waals surface area contributed by atoms with Gasteiger partial charge in [-0.2, -0.15) is 4.98 Å². The Balaban J connectivity index is 1.38. The van der Waals surface area contributed by atoms with Crippen LogP contribution in [0.15, 0.2) is 36.4 Å². The Bertz CT molecular complexity index is 1340. The number of anilines is 2. The van der Waals surface area contributed by atoms with Crippen LogP contribution in [0.25, 0.3) is 21.8 Å². The minimum Gasteiger partial charge on any atom is -0.372 e. The van der Waals surface area contributed by atoms with Crippen molar-refractivity contribution in [3.05, 3.63) is 58.8 Å². The lowest BCUT2D eigenvalue weighted by Gasteiger charge is -2.13. The van der Waals surface area contributed by atoms with Crippen LogP contribution in [0.3, 0.4) is 0 Å². The predicted molar refractivity (Wildman–Crippen MR) is 129 cm³/mol. The molecular formula is C25H28N6O. The number of fused-ring (bicyclic) bond motifs is 4. The highest BCUT2D eigenvalue weighted by molar-refractivity contribution is 5.99. The molecule has 0 bridgehead atoms. The Morgan fingerprint density at radius 3 is 2.66 bits per heavy atom. The summed E-state index contributed by atoms with van der Waals surface area (Å²) in [5, 5.41) is 11.3. The zero-order chi connectivity index (χ0) is 22.2. The van der Waals surface area contributed by atoms with Gasteiger partial charge in [0.15, 0.2) is 0 Å². The van der Waals surface area contributed by atoms with Crippen molar-refractivity contribution in [2.45, 2.75) is 32.2 Å². The molecule has 0 radical (unpaired) electrons. The number of aromatic nitrogens is 3. The molecule has 32 heavy (non-hydrogen) atoms. The van der Waals surface area contributed by atoms with E-state index in [-0.39, 0.29) is 5.91 Å². The topological polar surface area (TPSA) is 83.9 Å². The van der Waals surface area contributed by atoms with Gasteiger partial charge in [-0.25, -0.2) is 4.98 Å². The van der Waals surface area contributed by atoms with Gasteiger partial charge >= 0.3 is 0 Å². The SMILES string of the molecule is CNc1nc(NC)c2cc(CNC(=O)c3ccc4c(c3)c3c(n4C)CCCC3)ccc2n1. The van der Waals surface area contributed by atoms with E-state index in [0.29, 0.717) is 18.1 Å². The molecule has 0 fully saturated rings. The monoisotopic (exact) mass is 428 g/mol. The lowest BCUT2D eigenvalue weighted by molar-refractivity contribution is 0.0951. The number of rotatable bonds is 5. The van der Waals surface area contributed by atoms with Crippen molar-refractivity contribution in [2.24, 2.45) is 7.05 Å². The molecule has 1 aliphatic carbocycles. The van der Waals surface area contributed by atoms with Gasteiger partial charge in [-0.15, -0.1) is 0 Å². The molecule has 4 aromatic rings. The highest BCUT2D eigenvalue weighted by Gasteiger charge is 2.19. The fraction of sp³-hybridized carbons (Fsp3) is 0.320. The average molecular weight is 429 g/mol. The van der Waals surface area contributed by atoms with E-state index in [1.165, 1.54) is 35.0 Å². The van der Waals surface area contributed by atoms with E-state index in [1.54, 1.807) is 7.05 Å². The number of hydrogen-bond acceptors (Lipinski definition) is 5. The summed E-state index contributed by atoms with van der Waals surface area (Å²) >= 11 is 0. The maximum absolute atomic E-state index is 12.9. The van der Waals surface area contributed by atoms with E-state index >= 15 is 0 Å². The number of carbonyl (C=O) groups excluding carboxylic acids is 1. The molecule has 0 atom stereocenters. The summed E-state index contributed by atoms with van der Waals surface area (Å²) in [6.45, 7) is 0.441. The van der Waals surface area contributed by atoms with E-state index in [9.17, 15) is 4.79 Å². The first-order chi connectivity index (χ1) is 15.6. The van der Waals surface area contributed by atoms with Crippen molar-refractivity contribution in [1.82, 2.24) is 19.9 Å². The molecule has 164 valence electrons. The Hall–Kier alpha value is -3.61. The Labute approximate surface area is 187 Å². The smallest absolute Gasteiger partial charge is 0.251 e. The highest BCUT2D eigenvalue weighted by atomic mass is 16.1. The maximum atomic E-state index is 12.9. The summed E-state index contributed by atoms with van der Waals surface area (Å²) in [5.74, 6) is 1.27. The summed E-state index contributed by atoms with van der Waals surface area (Å²) < 4.78 is 2.29. The van der Waals surface area contributed by atoms with E-state index < -0.39 is 0 Å². The first kappa shape index (κ1) is 20.3. The summed E-state index contributed by atoms with van der Waals surface area (Å²) in [5.41, 5.74) is 6.60. The van der Waals surface area contributed by atoms with Crippen molar-refractivity contribution in [1.29, 1.82) is 0 Å². The molecule has 0 saturated heterocycles. The second-order valence-electron chi connectivity index (χ2n) is 8.35. The van der Waals surface area contributed by atoms with Gasteiger partial charge in [0.2, 0.25) is 5.95 Å². The third kappa shape index (κ3) is 3.43. The van der Waals surface area contributed by atoms with Crippen LogP contribution in [0.1, 0.15) is 40.0 Å². The van der Waals surface area contributed by atoms with Crippen molar-refractivity contribution in [2.75, 3.05) is 24.7 Å². The van der Waals surface area contributed by atoms with Crippen LogP contribution in [0.5, 0.6) is 0 Å². The molecule has 1 aliphatic rings. The minimum atomic E-state index is -0.0592. The largest absolute Gasteiger partial charge is 0.372 e. The van der Waals surface area contributed by atoms with Crippen LogP contribution >= 0.6 is 0 Å². The fourth-order valence-electron chi connectivity index (χ4n) is 4.78. The zero-order valence-electron chi connectivity index (χ0n) is 18.7. The molecule has 1 amide bonds. The lowest BCUT2D eigenvalue weighted by atomic mass is 9.95. The summed E-state index contributed by atoms with van der Waals surface area (Å²) in [6.07, 6.45) is 4.68. The summed E-state index contributed by atoms with van der Waals surface area (Å²) in [7, 11) is 5.77. The first-order valence-electron chi connectivity index (χ1n) is 11.1. The Morgan fingerprint density at radius 1 is 1.00 bits per heavy atom. The van der Waals surface area contributed by atoms with Gasteiger partial charge in [0.1, 0.15) is 5.82 Å². The lowest BCUT2D eigenvalue weighted by Crippen LogP contribution is -2.22. The normalized spacial score (nSPS) is 13.2. The van der Waals surface area contributed by atoms with E-state index in [1.807, 2.05) is 31.3 Å². The number of nitrogens with one attached hydrogen (secondary N) is 3. The number of nitrogens with zero attached hydrogens (tertiary/aromatic N) is 3. The molecule has 2 heterocycles. The standard InChI is InChI=1S/C25H28N6O/c1-26-23-19-12-15(8-10-20(19)29-25(27-2)30-23)14-28-24(32)16-9-11-22-18(13-16)17-6-4-5-7-21(17)31(22)3/h8-13H,4-7,14H2,1-3H3,(H,28,32)(H2,26,27,29,30). The molecule has 2 aromatic heterocycles. The first-order valence-corrected chi connectivity index (χ1v) is 11.1. The van der Waals surface area contributed by atoms with Crippen LogP contribution in [0.2, 0.25) is 0 Å². The van der Waals surface area contributed by atoms with Crippen molar-refractivity contribution >= 4 is 39.5 Å². The molecule has 0 saturated carbocycles. The Kier molecular flexibility index (Phi) is 5.17. The van der Waals surface area contributed by atoms with Gasteiger partial charge < -0.3 is 20.5 Å². The van der Waals surface area contributed by atoms with Gasteiger partial charge in [0, 0.05) is 55.2 Å². The number of aryl methyl sites for hydroxylation is 2.